The normalized spacial score (nSPS) is 23.2. The van der Waals surface area contributed by atoms with Gasteiger partial charge in [-0.3, -0.25) is 4.90 Å². The zero-order chi connectivity index (χ0) is 13.9. The minimum absolute atomic E-state index is 0.627. The summed E-state index contributed by atoms with van der Waals surface area (Å²) in [7, 11) is 0. The van der Waals surface area contributed by atoms with Crippen LogP contribution in [0.5, 0.6) is 0 Å². The van der Waals surface area contributed by atoms with Crippen molar-refractivity contribution < 1.29 is 9.90 Å². The van der Waals surface area contributed by atoms with Crippen LogP contribution < -0.4 is 4.90 Å². The Morgan fingerprint density at radius 2 is 2.30 bits per heavy atom. The predicted molar refractivity (Wildman–Crippen MR) is 77.7 cm³/mol. The Morgan fingerprint density at radius 3 is 3.15 bits per heavy atom. The number of pyridine rings is 1. The highest BCUT2D eigenvalue weighted by Crippen LogP contribution is 2.26. The van der Waals surface area contributed by atoms with Crippen molar-refractivity contribution in [2.45, 2.75) is 18.9 Å². The quantitative estimate of drug-likeness (QED) is 0.845. The summed E-state index contributed by atoms with van der Waals surface area (Å²) in [6.07, 6.45) is 7.11. The van der Waals surface area contributed by atoms with Gasteiger partial charge in [0.25, 0.3) is 0 Å². The Morgan fingerprint density at radius 1 is 1.40 bits per heavy atom. The number of aromatic nitrogens is 1. The molecule has 2 aliphatic heterocycles. The van der Waals surface area contributed by atoms with Crippen molar-refractivity contribution in [3.8, 4) is 0 Å². The maximum atomic E-state index is 10.7. The minimum Gasteiger partial charge on any atom is -0.478 e. The van der Waals surface area contributed by atoms with Gasteiger partial charge in [0.15, 0.2) is 0 Å². The van der Waals surface area contributed by atoms with Gasteiger partial charge >= 0.3 is 5.97 Å². The van der Waals surface area contributed by atoms with Gasteiger partial charge in [0.2, 0.25) is 0 Å². The van der Waals surface area contributed by atoms with Crippen molar-refractivity contribution in [3.05, 3.63) is 30.0 Å². The van der Waals surface area contributed by atoms with Crippen LogP contribution in [0.15, 0.2) is 24.4 Å². The number of hydrogen-bond donors (Lipinski definition) is 1. The third kappa shape index (κ3) is 2.67. The standard InChI is InChI=1S/C15H19N3O2/c19-14(20)6-5-12-3-1-7-16-15(12)18-10-9-17-8-2-4-13(17)11-18/h1,3,5-7,13H,2,4,8-11H2,(H,19,20)/b6-5+. The van der Waals surface area contributed by atoms with E-state index in [0.717, 1.165) is 31.0 Å². The van der Waals surface area contributed by atoms with Gasteiger partial charge in [-0.05, 0) is 37.6 Å². The van der Waals surface area contributed by atoms with E-state index in [1.807, 2.05) is 12.1 Å². The third-order valence-corrected chi connectivity index (χ3v) is 4.11. The average molecular weight is 273 g/mol. The molecule has 3 heterocycles. The molecule has 0 bridgehead atoms. The van der Waals surface area contributed by atoms with Crippen LogP contribution in [0.25, 0.3) is 6.08 Å². The molecule has 2 fully saturated rings. The molecule has 0 aliphatic carbocycles. The lowest BCUT2D eigenvalue weighted by Crippen LogP contribution is -2.50. The molecule has 0 saturated carbocycles. The van der Waals surface area contributed by atoms with Crippen molar-refractivity contribution in [2.24, 2.45) is 0 Å². The predicted octanol–water partition coefficient (Wildman–Crippen LogP) is 1.46. The number of fused-ring (bicyclic) bond motifs is 1. The summed E-state index contributed by atoms with van der Waals surface area (Å²) in [5.41, 5.74) is 0.876. The number of nitrogens with zero attached hydrogens (tertiary/aromatic N) is 3. The molecule has 2 aliphatic rings. The van der Waals surface area contributed by atoms with Crippen LogP contribution >= 0.6 is 0 Å². The second-order valence-corrected chi connectivity index (χ2v) is 5.37. The summed E-state index contributed by atoms with van der Waals surface area (Å²) in [5.74, 6) is -0.0306. The number of carboxylic acids is 1. The molecule has 1 aromatic rings. The average Bonchev–Trinajstić information content (AvgIpc) is 2.92. The molecule has 3 rings (SSSR count). The summed E-state index contributed by atoms with van der Waals surface area (Å²) < 4.78 is 0. The van der Waals surface area contributed by atoms with Gasteiger partial charge < -0.3 is 10.0 Å². The van der Waals surface area contributed by atoms with Crippen LogP contribution in [0.1, 0.15) is 18.4 Å². The van der Waals surface area contributed by atoms with Crippen LogP contribution in [-0.2, 0) is 4.79 Å². The Labute approximate surface area is 118 Å². The molecule has 1 N–H and O–H groups in total. The number of carbonyl (C=O) groups is 1. The lowest BCUT2D eigenvalue weighted by Gasteiger charge is -2.38. The fourth-order valence-electron chi connectivity index (χ4n) is 3.15. The molecule has 0 amide bonds. The highest BCUT2D eigenvalue weighted by molar-refractivity contribution is 5.86. The molecule has 5 nitrogen and oxygen atoms in total. The lowest BCUT2D eigenvalue weighted by molar-refractivity contribution is -0.131. The first-order valence-corrected chi connectivity index (χ1v) is 7.09. The summed E-state index contributed by atoms with van der Waals surface area (Å²) >= 11 is 0. The third-order valence-electron chi connectivity index (χ3n) is 4.11. The molecule has 0 spiro atoms. The Bertz CT molecular complexity index is 530. The largest absolute Gasteiger partial charge is 0.478 e. The van der Waals surface area contributed by atoms with E-state index in [1.54, 1.807) is 12.3 Å². The first-order valence-electron chi connectivity index (χ1n) is 7.09. The maximum absolute atomic E-state index is 10.7. The number of carboxylic acid groups (broad SMARTS) is 1. The molecule has 0 aromatic carbocycles. The monoisotopic (exact) mass is 273 g/mol. The van der Waals surface area contributed by atoms with Crippen molar-refractivity contribution in [1.29, 1.82) is 0 Å². The van der Waals surface area contributed by atoms with Crippen molar-refractivity contribution in [2.75, 3.05) is 31.1 Å². The smallest absolute Gasteiger partial charge is 0.328 e. The van der Waals surface area contributed by atoms with Crippen molar-refractivity contribution >= 4 is 17.9 Å². The fourth-order valence-corrected chi connectivity index (χ4v) is 3.15. The van der Waals surface area contributed by atoms with Crippen molar-refractivity contribution in [1.82, 2.24) is 9.88 Å². The Balaban J connectivity index is 1.81. The van der Waals surface area contributed by atoms with Gasteiger partial charge in [-0.2, -0.15) is 0 Å². The van der Waals surface area contributed by atoms with Gasteiger partial charge in [-0.25, -0.2) is 9.78 Å². The molecular formula is C15H19N3O2. The summed E-state index contributed by atoms with van der Waals surface area (Å²) in [6.45, 7) is 4.24. The molecule has 0 radical (unpaired) electrons. The Hall–Kier alpha value is -1.88. The number of aliphatic carboxylic acids is 1. The Kier molecular flexibility index (Phi) is 3.69. The molecule has 106 valence electrons. The summed E-state index contributed by atoms with van der Waals surface area (Å²) in [4.78, 5) is 20.0. The van der Waals surface area contributed by atoms with Crippen LogP contribution in [-0.4, -0.2) is 53.2 Å². The second kappa shape index (κ2) is 5.63. The van der Waals surface area contributed by atoms with E-state index in [4.69, 9.17) is 5.11 Å². The van der Waals surface area contributed by atoms with Crippen LogP contribution in [0.2, 0.25) is 0 Å². The fraction of sp³-hybridized carbons (Fsp3) is 0.467. The zero-order valence-electron chi connectivity index (χ0n) is 11.4. The first-order chi connectivity index (χ1) is 9.74. The van der Waals surface area contributed by atoms with Crippen LogP contribution in [0, 0.1) is 0 Å². The number of hydrogen-bond acceptors (Lipinski definition) is 4. The lowest BCUT2D eigenvalue weighted by atomic mass is 10.1. The van der Waals surface area contributed by atoms with E-state index in [-0.39, 0.29) is 0 Å². The molecule has 20 heavy (non-hydrogen) atoms. The molecular weight excluding hydrogens is 254 g/mol. The number of anilines is 1. The van der Waals surface area contributed by atoms with Gasteiger partial charge in [-0.15, -0.1) is 0 Å². The van der Waals surface area contributed by atoms with Crippen LogP contribution in [0.3, 0.4) is 0 Å². The highest BCUT2D eigenvalue weighted by Gasteiger charge is 2.31. The van der Waals surface area contributed by atoms with Gasteiger partial charge in [0.1, 0.15) is 5.82 Å². The highest BCUT2D eigenvalue weighted by atomic mass is 16.4. The molecule has 5 heteroatoms. The zero-order valence-corrected chi connectivity index (χ0v) is 11.4. The summed E-state index contributed by atoms with van der Waals surface area (Å²) in [5, 5.41) is 8.77. The molecule has 1 atom stereocenters. The maximum Gasteiger partial charge on any atom is 0.328 e. The number of rotatable bonds is 3. The van der Waals surface area contributed by atoms with Gasteiger partial charge in [0.05, 0.1) is 0 Å². The first kappa shape index (κ1) is 13.1. The van der Waals surface area contributed by atoms with E-state index in [1.165, 1.54) is 25.5 Å². The second-order valence-electron chi connectivity index (χ2n) is 5.37. The van der Waals surface area contributed by atoms with Gasteiger partial charge in [-0.1, -0.05) is 0 Å². The summed E-state index contributed by atoms with van der Waals surface area (Å²) in [6, 6.07) is 4.39. The van der Waals surface area contributed by atoms with Crippen molar-refractivity contribution in [3.63, 3.8) is 0 Å². The topological polar surface area (TPSA) is 56.7 Å². The van der Waals surface area contributed by atoms with E-state index in [2.05, 4.69) is 14.8 Å². The van der Waals surface area contributed by atoms with E-state index >= 15 is 0 Å². The molecule has 1 unspecified atom stereocenters. The molecule has 2 saturated heterocycles. The van der Waals surface area contributed by atoms with E-state index in [0.29, 0.717) is 6.04 Å². The van der Waals surface area contributed by atoms with Crippen LogP contribution in [0.4, 0.5) is 5.82 Å². The number of piperazine rings is 1. The SMILES string of the molecule is O=C(O)/C=C/c1cccnc1N1CCN2CCCC2C1. The van der Waals surface area contributed by atoms with E-state index < -0.39 is 5.97 Å². The van der Waals surface area contributed by atoms with E-state index in [9.17, 15) is 4.79 Å². The molecule has 1 aromatic heterocycles. The van der Waals surface area contributed by atoms with Gasteiger partial charge in [0, 0.05) is 43.5 Å². The minimum atomic E-state index is -0.930.